The number of pyridine rings is 1. The molecule has 2 fully saturated rings. The topological polar surface area (TPSA) is 61.0 Å². The number of hydrogen-bond donors (Lipinski definition) is 4. The summed E-state index contributed by atoms with van der Waals surface area (Å²) in [7, 11) is 9.59. The minimum absolute atomic E-state index is 0. The third kappa shape index (κ3) is 9.99. The van der Waals surface area contributed by atoms with Crippen LogP contribution in [0.2, 0.25) is 0 Å². The zero-order chi connectivity index (χ0) is 22.1. The molecule has 0 unspecified atom stereocenters. The van der Waals surface area contributed by atoms with E-state index >= 15 is 0 Å². The second kappa shape index (κ2) is 17.3. The maximum absolute atomic E-state index is 5.06. The molecule has 0 aromatic carbocycles. The second-order valence-electron chi connectivity index (χ2n) is 9.22. The summed E-state index contributed by atoms with van der Waals surface area (Å²) >= 11 is 0.00694. The van der Waals surface area contributed by atoms with Crippen molar-refractivity contribution in [2.24, 2.45) is 0 Å². The molecule has 0 radical (unpaired) electrons. The summed E-state index contributed by atoms with van der Waals surface area (Å²) in [5, 5.41) is 15.5. The number of nitrogens with zero attached hydrogens (tertiary/aromatic N) is 1. The van der Waals surface area contributed by atoms with Gasteiger partial charge in [0.25, 0.3) is 0 Å². The average Bonchev–Trinajstić information content (AvgIpc) is 2.79. The van der Waals surface area contributed by atoms with Crippen LogP contribution in [0.1, 0.15) is 88.7 Å². The third-order valence-corrected chi connectivity index (χ3v) is 7.08. The predicted octanol–water partition coefficient (Wildman–Crippen LogP) is 4.80. The Balaban J connectivity index is 0.00000103. The van der Waals surface area contributed by atoms with E-state index in [2.05, 4.69) is 53.3 Å². The van der Waals surface area contributed by atoms with Gasteiger partial charge in [0.15, 0.2) is 0 Å². The van der Waals surface area contributed by atoms with E-state index < -0.39 is 0 Å². The Bertz CT molecular complexity index is 614. The summed E-state index contributed by atoms with van der Waals surface area (Å²) in [5.41, 5.74) is 2.34. The van der Waals surface area contributed by atoms with Gasteiger partial charge < -0.3 is 21.3 Å². The standard InChI is InChI=1S/C23H39N5.2ClH.Mn.2H2S/c1-16-18-12-7-13-19(28-18)17(2)27-23-11-6-4-9-21(23)25-15-14-24-20-8-3-5-10-22(20)26-16;;;;;/h7,12-13,16-17,20-27H,3-6,8-11,14-15H2,1-2H3;2*1H;;2*1H2/q;;;+2;;/p-2/t16-,17-,20+,21+,22+,23+;;;;;/m0...../s1. The molecule has 1 aromatic heterocycles. The summed E-state index contributed by atoms with van der Waals surface area (Å²) in [4.78, 5) is 5.06. The number of hydrogen-bond acceptors (Lipinski definition) is 5. The summed E-state index contributed by atoms with van der Waals surface area (Å²) in [6.07, 6.45) is 10.4. The molecule has 2 aliphatic carbocycles. The average molecular weight is 580 g/mol. The molecule has 6 atom stereocenters. The van der Waals surface area contributed by atoms with Crippen molar-refractivity contribution < 1.29 is 13.1 Å². The van der Waals surface area contributed by atoms with Gasteiger partial charge in [0.05, 0.1) is 11.4 Å². The minimum atomic E-state index is 0. The Morgan fingerprint density at radius 2 is 1.09 bits per heavy atom. The first-order valence-corrected chi connectivity index (χ1v) is 15.2. The van der Waals surface area contributed by atoms with Gasteiger partial charge in [0.1, 0.15) is 0 Å². The van der Waals surface area contributed by atoms with Crippen molar-refractivity contribution in [2.75, 3.05) is 13.1 Å². The van der Waals surface area contributed by atoms with Gasteiger partial charge in [-0.25, -0.2) is 0 Å². The first kappa shape index (κ1) is 31.8. The number of fused-ring (bicyclic) bond motifs is 4. The molecule has 33 heavy (non-hydrogen) atoms. The van der Waals surface area contributed by atoms with Gasteiger partial charge in [-0.05, 0) is 51.7 Å². The zero-order valence-corrected chi connectivity index (χ0v) is 24.5. The SMILES string of the molecule is C[C@@H]1N[C@@H]2CCCC[C@H]2NCCN[C@@H]2CCCC[C@H]2N[C@@H](C)c2cccc1n2.S.S.[Cl][Mn][Cl]. The fourth-order valence-corrected chi connectivity index (χ4v) is 5.43. The fourth-order valence-electron chi connectivity index (χ4n) is 5.43. The van der Waals surface area contributed by atoms with Crippen LogP contribution >= 0.6 is 47.2 Å². The van der Waals surface area contributed by atoms with Crippen molar-refractivity contribution in [3.63, 3.8) is 0 Å². The molecule has 10 heteroatoms. The normalized spacial score (nSPS) is 32.6. The van der Waals surface area contributed by atoms with Crippen LogP contribution in [0.25, 0.3) is 0 Å². The van der Waals surface area contributed by atoms with Gasteiger partial charge in [-0.3, -0.25) is 4.98 Å². The van der Waals surface area contributed by atoms with E-state index in [1.54, 1.807) is 0 Å². The summed E-state index contributed by atoms with van der Waals surface area (Å²) in [6.45, 7) is 6.66. The Morgan fingerprint density at radius 1 is 0.727 bits per heavy atom. The Kier molecular flexibility index (Phi) is 16.7. The number of halogens is 2. The molecular formula is C23H43Cl2MnN5S2. The van der Waals surface area contributed by atoms with E-state index in [4.69, 9.17) is 25.2 Å². The van der Waals surface area contributed by atoms with Crippen LogP contribution < -0.4 is 21.3 Å². The van der Waals surface area contributed by atoms with Crippen LogP contribution in [0, 0.1) is 0 Å². The molecule has 2 heterocycles. The van der Waals surface area contributed by atoms with E-state index in [0.29, 0.717) is 24.2 Å². The molecule has 0 spiro atoms. The molecule has 193 valence electrons. The van der Waals surface area contributed by atoms with Crippen molar-refractivity contribution >= 4 is 47.2 Å². The van der Waals surface area contributed by atoms with Gasteiger partial charge in [-0.1, -0.05) is 31.7 Å². The van der Waals surface area contributed by atoms with Gasteiger partial charge >= 0.3 is 33.3 Å². The van der Waals surface area contributed by atoms with E-state index in [-0.39, 0.29) is 52.2 Å². The summed E-state index contributed by atoms with van der Waals surface area (Å²) in [5.74, 6) is 0. The van der Waals surface area contributed by atoms with E-state index in [1.165, 1.54) is 62.8 Å². The third-order valence-electron chi connectivity index (χ3n) is 7.08. The monoisotopic (exact) mass is 578 g/mol. The van der Waals surface area contributed by atoms with E-state index in [1.807, 2.05) is 0 Å². The molecule has 2 saturated carbocycles. The van der Waals surface area contributed by atoms with Crippen molar-refractivity contribution in [2.45, 2.75) is 101 Å². The Hall–Kier alpha value is 0.789. The van der Waals surface area contributed by atoms with Crippen molar-refractivity contribution in [3.05, 3.63) is 29.6 Å². The molecule has 2 bridgehead atoms. The zero-order valence-electron chi connectivity index (χ0n) is 19.8. The van der Waals surface area contributed by atoms with Gasteiger partial charge in [-0.15, -0.1) is 0 Å². The summed E-state index contributed by atoms with van der Waals surface area (Å²) in [6, 6.07) is 9.34. The Morgan fingerprint density at radius 3 is 1.48 bits per heavy atom. The first-order chi connectivity index (χ1) is 15.1. The van der Waals surface area contributed by atoms with Crippen LogP contribution in [-0.4, -0.2) is 42.2 Å². The van der Waals surface area contributed by atoms with Crippen molar-refractivity contribution in [1.82, 2.24) is 26.3 Å². The summed E-state index contributed by atoms with van der Waals surface area (Å²) < 4.78 is 0. The quantitative estimate of drug-likeness (QED) is 0.333. The van der Waals surface area contributed by atoms with Crippen LogP contribution in [0.3, 0.4) is 0 Å². The van der Waals surface area contributed by atoms with Crippen molar-refractivity contribution in [1.29, 1.82) is 0 Å². The molecule has 3 aliphatic rings. The predicted molar refractivity (Wildman–Crippen MR) is 148 cm³/mol. The number of nitrogens with one attached hydrogen (secondary N) is 4. The molecule has 0 amide bonds. The molecular weight excluding hydrogens is 536 g/mol. The van der Waals surface area contributed by atoms with Crippen LogP contribution in [-0.2, 0) is 13.1 Å². The van der Waals surface area contributed by atoms with Crippen LogP contribution in [0.15, 0.2) is 18.2 Å². The van der Waals surface area contributed by atoms with Gasteiger partial charge in [0, 0.05) is 49.3 Å². The second-order valence-corrected chi connectivity index (χ2v) is 11.2. The molecule has 5 nitrogen and oxygen atoms in total. The Labute approximate surface area is 229 Å². The molecule has 4 N–H and O–H groups in total. The molecule has 1 aromatic rings. The number of rotatable bonds is 0. The maximum atomic E-state index is 5.06. The van der Waals surface area contributed by atoms with Crippen LogP contribution in [0.5, 0.6) is 0 Å². The molecule has 1 aliphatic heterocycles. The van der Waals surface area contributed by atoms with Crippen molar-refractivity contribution in [3.8, 4) is 0 Å². The number of aromatic nitrogens is 1. The molecule has 4 rings (SSSR count). The van der Waals surface area contributed by atoms with Crippen LogP contribution in [0.4, 0.5) is 0 Å². The fraction of sp³-hybridized carbons (Fsp3) is 0.783. The first-order valence-electron chi connectivity index (χ1n) is 11.9. The van der Waals surface area contributed by atoms with Gasteiger partial charge in [0.2, 0.25) is 0 Å². The van der Waals surface area contributed by atoms with E-state index in [0.717, 1.165) is 13.1 Å². The van der Waals surface area contributed by atoms with E-state index in [9.17, 15) is 0 Å². The van der Waals surface area contributed by atoms with Gasteiger partial charge in [-0.2, -0.15) is 27.0 Å². The molecule has 0 saturated heterocycles.